The lowest BCUT2D eigenvalue weighted by atomic mass is 10.2. The van der Waals surface area contributed by atoms with E-state index in [0.29, 0.717) is 19.1 Å². The zero-order valence-corrected chi connectivity index (χ0v) is 11.3. The van der Waals surface area contributed by atoms with Gasteiger partial charge in [-0.05, 0) is 19.4 Å². The zero-order chi connectivity index (χ0) is 12.5. The molecule has 0 saturated heterocycles. The summed E-state index contributed by atoms with van der Waals surface area (Å²) in [5, 5.41) is 10.7. The average molecular weight is 252 g/mol. The van der Waals surface area contributed by atoms with Crippen molar-refractivity contribution < 1.29 is 9.84 Å². The van der Waals surface area contributed by atoms with E-state index in [-0.39, 0.29) is 6.61 Å². The van der Waals surface area contributed by atoms with Crippen LogP contribution in [0.3, 0.4) is 0 Å². The van der Waals surface area contributed by atoms with Crippen molar-refractivity contribution in [2.75, 3.05) is 6.61 Å². The van der Waals surface area contributed by atoms with Crippen molar-refractivity contribution >= 4 is 11.3 Å². The predicted molar refractivity (Wildman–Crippen MR) is 72.1 cm³/mol. The molecular formula is C14H20O2S. The van der Waals surface area contributed by atoms with Crippen LogP contribution in [0.4, 0.5) is 0 Å². The Hall–Kier alpha value is -0.820. The highest BCUT2D eigenvalue weighted by Crippen LogP contribution is 2.16. The molecule has 1 unspecified atom stereocenters. The molecule has 2 nitrogen and oxygen atoms in total. The Balaban J connectivity index is 2.38. The van der Waals surface area contributed by atoms with Crippen LogP contribution in [0, 0.1) is 11.8 Å². The van der Waals surface area contributed by atoms with E-state index in [1.54, 1.807) is 11.3 Å². The molecule has 0 radical (unpaired) electrons. The summed E-state index contributed by atoms with van der Waals surface area (Å²) in [6, 6.07) is 2.06. The molecule has 0 aliphatic carbocycles. The van der Waals surface area contributed by atoms with Gasteiger partial charge in [0.05, 0.1) is 19.3 Å². The van der Waals surface area contributed by atoms with Gasteiger partial charge in [-0.1, -0.05) is 25.2 Å². The van der Waals surface area contributed by atoms with E-state index >= 15 is 0 Å². The Morgan fingerprint density at radius 2 is 2.35 bits per heavy atom. The summed E-state index contributed by atoms with van der Waals surface area (Å²) < 4.78 is 5.73. The molecule has 0 aliphatic heterocycles. The Labute approximate surface area is 108 Å². The first-order chi connectivity index (χ1) is 8.26. The summed E-state index contributed by atoms with van der Waals surface area (Å²) in [5.41, 5.74) is 1.02. The normalized spacial score (nSPS) is 11.9. The number of aliphatic hydroxyl groups is 1. The van der Waals surface area contributed by atoms with Gasteiger partial charge < -0.3 is 9.84 Å². The summed E-state index contributed by atoms with van der Waals surface area (Å²) in [7, 11) is 0. The van der Waals surface area contributed by atoms with Gasteiger partial charge in [0.1, 0.15) is 0 Å². The molecule has 0 amide bonds. The van der Waals surface area contributed by atoms with Crippen molar-refractivity contribution in [2.45, 2.75) is 45.8 Å². The van der Waals surface area contributed by atoms with Crippen LogP contribution in [-0.4, -0.2) is 17.8 Å². The minimum Gasteiger partial charge on any atom is -0.395 e. The molecule has 1 aromatic heterocycles. The van der Waals surface area contributed by atoms with Crippen LogP contribution in [-0.2, 0) is 11.3 Å². The van der Waals surface area contributed by atoms with E-state index in [4.69, 9.17) is 9.84 Å². The van der Waals surface area contributed by atoms with Gasteiger partial charge in [0.25, 0.3) is 0 Å². The van der Waals surface area contributed by atoms with Crippen LogP contribution in [0.2, 0.25) is 0 Å². The minimum absolute atomic E-state index is 0.127. The van der Waals surface area contributed by atoms with Crippen LogP contribution >= 0.6 is 11.3 Å². The van der Waals surface area contributed by atoms with Gasteiger partial charge in [-0.2, -0.15) is 0 Å². The smallest absolute Gasteiger partial charge is 0.0813 e. The maximum atomic E-state index is 8.63. The third-order valence-corrected chi connectivity index (χ3v) is 3.24. The summed E-state index contributed by atoms with van der Waals surface area (Å²) in [6.45, 7) is 5.08. The summed E-state index contributed by atoms with van der Waals surface area (Å²) >= 11 is 1.68. The first-order valence-corrected chi connectivity index (χ1v) is 6.93. The Morgan fingerprint density at radius 1 is 1.53 bits per heavy atom. The Morgan fingerprint density at radius 3 is 3.06 bits per heavy atom. The average Bonchev–Trinajstić information content (AvgIpc) is 2.75. The van der Waals surface area contributed by atoms with Crippen LogP contribution in [0.1, 0.15) is 43.6 Å². The van der Waals surface area contributed by atoms with Crippen molar-refractivity contribution in [3.05, 3.63) is 21.9 Å². The number of thiophene rings is 1. The quantitative estimate of drug-likeness (QED) is 0.788. The maximum Gasteiger partial charge on any atom is 0.0813 e. The predicted octanol–water partition coefficient (Wildman–Crippen LogP) is 3.19. The van der Waals surface area contributed by atoms with Gasteiger partial charge in [-0.15, -0.1) is 11.3 Å². The Kier molecular flexibility index (Phi) is 6.95. The molecule has 1 aromatic rings. The second-order valence-electron chi connectivity index (χ2n) is 3.99. The molecule has 0 aliphatic rings. The van der Waals surface area contributed by atoms with E-state index in [9.17, 15) is 0 Å². The monoisotopic (exact) mass is 252 g/mol. The second-order valence-corrected chi connectivity index (χ2v) is 4.98. The highest BCUT2D eigenvalue weighted by molar-refractivity contribution is 7.10. The highest BCUT2D eigenvalue weighted by Gasteiger charge is 2.03. The van der Waals surface area contributed by atoms with Gasteiger partial charge in [-0.3, -0.25) is 0 Å². The molecule has 0 spiro atoms. The first-order valence-electron chi connectivity index (χ1n) is 6.05. The van der Waals surface area contributed by atoms with Crippen molar-refractivity contribution in [1.82, 2.24) is 0 Å². The molecule has 0 fully saturated rings. The maximum absolute atomic E-state index is 8.63. The third-order valence-electron chi connectivity index (χ3n) is 2.33. The summed E-state index contributed by atoms with van der Waals surface area (Å²) in [5.74, 6) is 5.94. The molecule has 1 heterocycles. The molecule has 1 rings (SSSR count). The van der Waals surface area contributed by atoms with Crippen LogP contribution in [0.15, 0.2) is 11.4 Å². The fraction of sp³-hybridized carbons (Fsp3) is 0.571. The van der Waals surface area contributed by atoms with Crippen molar-refractivity contribution in [3.8, 4) is 11.8 Å². The Bertz CT molecular complexity index is 373. The van der Waals surface area contributed by atoms with Gasteiger partial charge >= 0.3 is 0 Å². The topological polar surface area (TPSA) is 29.5 Å². The molecular weight excluding hydrogens is 232 g/mol. The molecule has 1 N–H and O–H groups in total. The summed E-state index contributed by atoms with van der Waals surface area (Å²) in [4.78, 5) is 1.21. The lowest BCUT2D eigenvalue weighted by Crippen LogP contribution is -2.06. The van der Waals surface area contributed by atoms with E-state index < -0.39 is 0 Å². The van der Waals surface area contributed by atoms with Crippen molar-refractivity contribution in [2.24, 2.45) is 0 Å². The summed E-state index contributed by atoms with van der Waals surface area (Å²) in [6.07, 6.45) is 3.12. The number of ether oxygens (including phenoxy) is 1. The number of hydrogen-bond donors (Lipinski definition) is 1. The number of aliphatic hydroxyl groups excluding tert-OH is 1. The zero-order valence-electron chi connectivity index (χ0n) is 10.5. The minimum atomic E-state index is 0.127. The molecule has 0 bridgehead atoms. The van der Waals surface area contributed by atoms with Crippen LogP contribution < -0.4 is 0 Å². The van der Waals surface area contributed by atoms with Gasteiger partial charge in [0.2, 0.25) is 0 Å². The van der Waals surface area contributed by atoms with E-state index in [1.807, 2.05) is 5.38 Å². The third kappa shape index (κ3) is 5.88. The van der Waals surface area contributed by atoms with Crippen molar-refractivity contribution in [1.29, 1.82) is 0 Å². The van der Waals surface area contributed by atoms with Crippen LogP contribution in [0.25, 0.3) is 0 Å². The highest BCUT2D eigenvalue weighted by atomic mass is 32.1. The van der Waals surface area contributed by atoms with E-state index in [2.05, 4.69) is 31.8 Å². The molecule has 94 valence electrons. The van der Waals surface area contributed by atoms with Gasteiger partial charge in [-0.25, -0.2) is 0 Å². The first kappa shape index (κ1) is 14.2. The van der Waals surface area contributed by atoms with E-state index in [0.717, 1.165) is 18.4 Å². The van der Waals surface area contributed by atoms with Crippen molar-refractivity contribution in [3.63, 3.8) is 0 Å². The van der Waals surface area contributed by atoms with Gasteiger partial charge in [0.15, 0.2) is 0 Å². The molecule has 17 heavy (non-hydrogen) atoms. The standard InChI is InChI=1S/C14H20O2S/c1-3-6-12(2)16-10-14-9-13(11-17-14)7-4-5-8-15/h9,11-12,15H,3,5-6,8,10H2,1-2H3. The van der Waals surface area contributed by atoms with Gasteiger partial charge in [0, 0.05) is 22.2 Å². The molecule has 0 saturated carbocycles. The lowest BCUT2D eigenvalue weighted by molar-refractivity contribution is 0.0488. The number of rotatable bonds is 6. The lowest BCUT2D eigenvalue weighted by Gasteiger charge is -2.10. The molecule has 0 aromatic carbocycles. The number of hydrogen-bond acceptors (Lipinski definition) is 3. The molecule has 3 heteroatoms. The largest absolute Gasteiger partial charge is 0.395 e. The van der Waals surface area contributed by atoms with E-state index in [1.165, 1.54) is 4.88 Å². The fourth-order valence-electron chi connectivity index (χ4n) is 1.46. The molecule has 1 atom stereocenters. The fourth-order valence-corrected chi connectivity index (χ4v) is 2.19. The SMILES string of the molecule is CCCC(C)OCc1cc(C#CCCO)cs1. The second kappa shape index (κ2) is 8.30. The van der Waals surface area contributed by atoms with Crippen LogP contribution in [0.5, 0.6) is 0 Å².